The van der Waals surface area contributed by atoms with Gasteiger partial charge in [0.1, 0.15) is 10.6 Å². The standard InChI is InChI=1S/C22H19F3N4O3S/c23-22(24,25)12-6-4-11(5-7-12)21-27-13(10-33-21)8-18(30)28-16-2-1-3-17-14(16)9-15(19(26)31)20(32)29-17/h4-7,9-10,16H,1-3,8H2,(H2,26,31)(H,28,30)(H,29,32). The third-order valence-corrected chi connectivity index (χ3v) is 6.35. The SMILES string of the molecule is NC(=O)c1cc2c([nH]c1=O)CCCC2NC(=O)Cc1csc(-c2ccc(C(F)(F)F)cc2)n1. The number of rotatable bonds is 5. The van der Waals surface area contributed by atoms with E-state index in [4.69, 9.17) is 5.73 Å². The van der Waals surface area contributed by atoms with Gasteiger partial charge in [-0.2, -0.15) is 13.2 Å². The van der Waals surface area contributed by atoms with Gasteiger partial charge in [0.05, 0.1) is 23.7 Å². The first-order valence-electron chi connectivity index (χ1n) is 10.1. The summed E-state index contributed by atoms with van der Waals surface area (Å²) < 4.78 is 38.2. The Morgan fingerprint density at radius 2 is 1.97 bits per heavy atom. The van der Waals surface area contributed by atoms with Crippen molar-refractivity contribution >= 4 is 23.2 Å². The number of aryl methyl sites for hydroxylation is 1. The van der Waals surface area contributed by atoms with E-state index < -0.39 is 23.2 Å². The Kier molecular flexibility index (Phi) is 6.07. The Balaban J connectivity index is 1.46. The van der Waals surface area contributed by atoms with Crippen molar-refractivity contribution in [2.45, 2.75) is 37.9 Å². The van der Waals surface area contributed by atoms with E-state index in [1.165, 1.54) is 29.5 Å². The molecule has 3 aromatic rings. The van der Waals surface area contributed by atoms with Gasteiger partial charge in [0.2, 0.25) is 5.91 Å². The number of carbonyl (C=O) groups is 2. The van der Waals surface area contributed by atoms with Crippen molar-refractivity contribution in [3.63, 3.8) is 0 Å². The first kappa shape index (κ1) is 22.7. The van der Waals surface area contributed by atoms with Gasteiger partial charge >= 0.3 is 6.18 Å². The average Bonchev–Trinajstić information content (AvgIpc) is 3.21. The molecule has 2 amide bonds. The molecule has 0 saturated heterocycles. The fourth-order valence-corrected chi connectivity index (χ4v) is 4.63. The average molecular weight is 476 g/mol. The van der Waals surface area contributed by atoms with Crippen molar-refractivity contribution in [1.82, 2.24) is 15.3 Å². The summed E-state index contributed by atoms with van der Waals surface area (Å²) in [5.41, 5.74) is 6.17. The molecule has 1 atom stereocenters. The zero-order valence-corrected chi connectivity index (χ0v) is 18.0. The lowest BCUT2D eigenvalue weighted by Gasteiger charge is -2.26. The van der Waals surface area contributed by atoms with Crippen LogP contribution in [0.3, 0.4) is 0 Å². The van der Waals surface area contributed by atoms with Gasteiger partial charge in [-0.25, -0.2) is 4.98 Å². The highest BCUT2D eigenvalue weighted by Gasteiger charge is 2.30. The molecule has 1 unspecified atom stereocenters. The zero-order chi connectivity index (χ0) is 23.8. The maximum Gasteiger partial charge on any atom is 0.416 e. The molecule has 1 aliphatic carbocycles. The van der Waals surface area contributed by atoms with E-state index in [1.54, 1.807) is 5.38 Å². The molecule has 0 radical (unpaired) electrons. The van der Waals surface area contributed by atoms with E-state index in [0.29, 0.717) is 40.4 Å². The summed E-state index contributed by atoms with van der Waals surface area (Å²) in [6.07, 6.45) is -2.42. The summed E-state index contributed by atoms with van der Waals surface area (Å²) in [5, 5.41) is 5.11. The molecule has 1 aromatic carbocycles. The number of halogens is 3. The number of aromatic nitrogens is 2. The highest BCUT2D eigenvalue weighted by Crippen LogP contribution is 2.32. The third-order valence-electron chi connectivity index (χ3n) is 5.41. The maximum absolute atomic E-state index is 12.7. The maximum atomic E-state index is 12.7. The number of nitrogens with zero attached hydrogens (tertiary/aromatic N) is 1. The second kappa shape index (κ2) is 8.81. The van der Waals surface area contributed by atoms with Crippen molar-refractivity contribution in [1.29, 1.82) is 0 Å². The summed E-state index contributed by atoms with van der Waals surface area (Å²) in [6.45, 7) is 0. The molecule has 0 spiro atoms. The Hall–Kier alpha value is -3.47. The van der Waals surface area contributed by atoms with Crippen molar-refractivity contribution in [3.05, 3.63) is 74.1 Å². The molecule has 172 valence electrons. The van der Waals surface area contributed by atoms with Gasteiger partial charge in [-0.1, -0.05) is 12.1 Å². The van der Waals surface area contributed by atoms with E-state index >= 15 is 0 Å². The van der Waals surface area contributed by atoms with Crippen LogP contribution in [-0.4, -0.2) is 21.8 Å². The lowest BCUT2D eigenvalue weighted by molar-refractivity contribution is -0.137. The van der Waals surface area contributed by atoms with Crippen molar-refractivity contribution in [2.24, 2.45) is 5.73 Å². The highest BCUT2D eigenvalue weighted by atomic mass is 32.1. The summed E-state index contributed by atoms with van der Waals surface area (Å²) in [5.74, 6) is -1.14. The summed E-state index contributed by atoms with van der Waals surface area (Å²) in [6, 6.07) is 5.74. The fraction of sp³-hybridized carbons (Fsp3) is 0.273. The summed E-state index contributed by atoms with van der Waals surface area (Å²) >= 11 is 1.24. The minimum Gasteiger partial charge on any atom is -0.365 e. The first-order valence-corrected chi connectivity index (χ1v) is 11.0. The van der Waals surface area contributed by atoms with Crippen LogP contribution in [0.15, 0.2) is 40.5 Å². The topological polar surface area (TPSA) is 118 Å². The van der Waals surface area contributed by atoms with Crippen LogP contribution >= 0.6 is 11.3 Å². The normalized spacial score (nSPS) is 15.7. The van der Waals surface area contributed by atoms with E-state index in [0.717, 1.165) is 18.6 Å². The number of carbonyl (C=O) groups excluding carboxylic acids is 2. The monoisotopic (exact) mass is 476 g/mol. The molecule has 2 heterocycles. The second-order valence-electron chi connectivity index (χ2n) is 7.72. The molecule has 2 aromatic heterocycles. The number of amides is 2. The van der Waals surface area contributed by atoms with E-state index in [9.17, 15) is 27.6 Å². The summed E-state index contributed by atoms with van der Waals surface area (Å²) in [7, 11) is 0. The number of fused-ring (bicyclic) bond motifs is 1. The second-order valence-corrected chi connectivity index (χ2v) is 8.58. The van der Waals surface area contributed by atoms with Crippen molar-refractivity contribution in [2.75, 3.05) is 0 Å². The van der Waals surface area contributed by atoms with Crippen LogP contribution in [0.1, 0.15) is 51.8 Å². The van der Waals surface area contributed by atoms with E-state index in [-0.39, 0.29) is 23.9 Å². The number of hydrogen-bond donors (Lipinski definition) is 3. The molecule has 0 saturated carbocycles. The molecule has 1 aliphatic rings. The van der Waals surface area contributed by atoms with Gasteiger partial charge in [0.25, 0.3) is 11.5 Å². The molecular weight excluding hydrogens is 457 g/mol. The molecule has 0 bridgehead atoms. The Morgan fingerprint density at radius 1 is 1.24 bits per heavy atom. The molecule has 11 heteroatoms. The van der Waals surface area contributed by atoms with Crippen molar-refractivity contribution < 1.29 is 22.8 Å². The molecule has 0 aliphatic heterocycles. The number of H-pyrrole nitrogens is 1. The minimum atomic E-state index is -4.41. The van der Waals surface area contributed by atoms with Crippen LogP contribution in [0.25, 0.3) is 10.6 Å². The quantitative estimate of drug-likeness (QED) is 0.523. The van der Waals surface area contributed by atoms with Crippen LogP contribution in [0.2, 0.25) is 0 Å². The van der Waals surface area contributed by atoms with Gasteiger partial charge in [0, 0.05) is 16.6 Å². The largest absolute Gasteiger partial charge is 0.416 e. The Labute approximate surface area is 189 Å². The fourth-order valence-electron chi connectivity index (χ4n) is 3.81. The molecule has 0 fully saturated rings. The number of alkyl halides is 3. The number of nitrogens with one attached hydrogen (secondary N) is 2. The lowest BCUT2D eigenvalue weighted by Crippen LogP contribution is -2.34. The van der Waals surface area contributed by atoms with Crippen LogP contribution in [0.4, 0.5) is 13.2 Å². The number of thiazole rings is 1. The van der Waals surface area contributed by atoms with Crippen LogP contribution < -0.4 is 16.6 Å². The van der Waals surface area contributed by atoms with Crippen LogP contribution in [-0.2, 0) is 23.8 Å². The molecular formula is C22H19F3N4O3S. The van der Waals surface area contributed by atoms with Crippen LogP contribution in [0.5, 0.6) is 0 Å². The lowest BCUT2D eigenvalue weighted by atomic mass is 9.90. The van der Waals surface area contributed by atoms with Crippen LogP contribution in [0, 0.1) is 0 Å². The van der Waals surface area contributed by atoms with Gasteiger partial charge < -0.3 is 16.0 Å². The van der Waals surface area contributed by atoms with Gasteiger partial charge in [-0.3, -0.25) is 14.4 Å². The predicted molar refractivity (Wildman–Crippen MR) is 116 cm³/mol. The van der Waals surface area contributed by atoms with Gasteiger partial charge in [-0.05, 0) is 43.0 Å². The zero-order valence-electron chi connectivity index (χ0n) is 17.2. The number of nitrogens with two attached hydrogens (primary N) is 1. The number of pyridine rings is 1. The molecule has 7 nitrogen and oxygen atoms in total. The van der Waals surface area contributed by atoms with Gasteiger partial charge in [0.15, 0.2) is 0 Å². The Bertz CT molecular complexity index is 1270. The number of aromatic amines is 1. The predicted octanol–water partition coefficient (Wildman–Crippen LogP) is 3.35. The molecule has 33 heavy (non-hydrogen) atoms. The first-order chi connectivity index (χ1) is 15.6. The molecule has 4 rings (SSSR count). The highest BCUT2D eigenvalue weighted by molar-refractivity contribution is 7.13. The third kappa shape index (κ3) is 4.98. The van der Waals surface area contributed by atoms with Gasteiger partial charge in [-0.15, -0.1) is 11.3 Å². The Morgan fingerprint density at radius 3 is 2.64 bits per heavy atom. The van der Waals surface area contributed by atoms with E-state index in [1.807, 2.05) is 0 Å². The number of benzene rings is 1. The minimum absolute atomic E-state index is 0.0189. The summed E-state index contributed by atoms with van der Waals surface area (Å²) in [4.78, 5) is 43.2. The smallest absolute Gasteiger partial charge is 0.365 e. The number of primary amides is 1. The van der Waals surface area contributed by atoms with E-state index in [2.05, 4.69) is 15.3 Å². The molecule has 4 N–H and O–H groups in total. The van der Waals surface area contributed by atoms with Crippen molar-refractivity contribution in [3.8, 4) is 10.6 Å². The number of hydrogen-bond acceptors (Lipinski definition) is 5.